The van der Waals surface area contributed by atoms with Crippen LogP contribution in [0.4, 0.5) is 5.69 Å². The van der Waals surface area contributed by atoms with Gasteiger partial charge in [0.2, 0.25) is 5.91 Å². The van der Waals surface area contributed by atoms with Crippen LogP contribution in [0.5, 0.6) is 0 Å². The first-order chi connectivity index (χ1) is 13.1. The van der Waals surface area contributed by atoms with E-state index < -0.39 is 0 Å². The molecule has 2 fully saturated rings. The highest BCUT2D eigenvalue weighted by atomic mass is 79.9. The van der Waals surface area contributed by atoms with Crippen molar-refractivity contribution in [1.82, 2.24) is 4.90 Å². The van der Waals surface area contributed by atoms with E-state index in [-0.39, 0.29) is 11.8 Å². The second-order valence-corrected chi connectivity index (χ2v) is 8.38. The van der Waals surface area contributed by atoms with E-state index in [0.29, 0.717) is 12.5 Å². The second kappa shape index (κ2) is 8.03. The lowest BCUT2D eigenvalue weighted by Gasteiger charge is -2.29. The van der Waals surface area contributed by atoms with Crippen LogP contribution in [0.3, 0.4) is 0 Å². The first-order valence-electron chi connectivity index (χ1n) is 9.54. The van der Waals surface area contributed by atoms with Crippen LogP contribution in [0.2, 0.25) is 0 Å². The van der Waals surface area contributed by atoms with E-state index in [4.69, 9.17) is 4.74 Å². The lowest BCUT2D eigenvalue weighted by molar-refractivity contribution is -0.131. The predicted molar refractivity (Wildman–Crippen MR) is 111 cm³/mol. The number of anilines is 1. The predicted octanol–water partition coefficient (Wildman–Crippen LogP) is 4.05. The molecule has 1 saturated heterocycles. The van der Waals surface area contributed by atoms with Crippen molar-refractivity contribution in [2.75, 3.05) is 38.3 Å². The van der Waals surface area contributed by atoms with Gasteiger partial charge in [-0.05, 0) is 47.7 Å². The van der Waals surface area contributed by atoms with Crippen molar-refractivity contribution in [3.8, 4) is 0 Å². The molecule has 2 aromatic carbocycles. The summed E-state index contributed by atoms with van der Waals surface area (Å²) in [5.41, 5.74) is 3.65. The van der Waals surface area contributed by atoms with Crippen molar-refractivity contribution < 1.29 is 9.53 Å². The summed E-state index contributed by atoms with van der Waals surface area (Å²) >= 11 is 3.52. The van der Waals surface area contributed by atoms with Gasteiger partial charge in [0.15, 0.2) is 0 Å². The molecule has 1 aliphatic heterocycles. The first-order valence-corrected chi connectivity index (χ1v) is 10.3. The highest BCUT2D eigenvalue weighted by Gasteiger charge is 2.45. The third-order valence-corrected chi connectivity index (χ3v) is 5.99. The summed E-state index contributed by atoms with van der Waals surface area (Å²) in [5.74, 6) is 0.732. The van der Waals surface area contributed by atoms with Gasteiger partial charge in [-0.2, -0.15) is 0 Å². The molecule has 2 aromatic rings. The topological polar surface area (TPSA) is 32.8 Å². The van der Waals surface area contributed by atoms with E-state index in [1.165, 1.54) is 16.8 Å². The van der Waals surface area contributed by atoms with E-state index in [1.807, 2.05) is 24.1 Å². The molecule has 4 rings (SSSR count). The summed E-state index contributed by atoms with van der Waals surface area (Å²) in [6, 6.07) is 16.9. The van der Waals surface area contributed by atoms with Gasteiger partial charge in [0.05, 0.1) is 13.2 Å². The molecule has 142 valence electrons. The molecule has 1 heterocycles. The summed E-state index contributed by atoms with van der Waals surface area (Å²) < 4.78 is 6.49. The van der Waals surface area contributed by atoms with Crippen LogP contribution in [-0.4, -0.2) is 44.2 Å². The number of hydrogen-bond donors (Lipinski definition) is 0. The number of rotatable bonds is 5. The van der Waals surface area contributed by atoms with Crippen molar-refractivity contribution in [3.63, 3.8) is 0 Å². The van der Waals surface area contributed by atoms with Gasteiger partial charge in [0, 0.05) is 42.8 Å². The molecular weight excluding hydrogens is 404 g/mol. The number of halogens is 1. The van der Waals surface area contributed by atoms with E-state index in [2.05, 4.69) is 57.2 Å². The Morgan fingerprint density at radius 2 is 1.93 bits per heavy atom. The SMILES string of the molecule is CN(Cc1ccc(N2CCOCC2)cc1)C(=O)C1CC1c1cccc(Br)c1. The van der Waals surface area contributed by atoms with Gasteiger partial charge in [-0.15, -0.1) is 0 Å². The zero-order valence-corrected chi connectivity index (χ0v) is 17.2. The Bertz CT molecular complexity index is 802. The lowest BCUT2D eigenvalue weighted by Crippen LogP contribution is -2.36. The normalized spacial score (nSPS) is 21.8. The minimum Gasteiger partial charge on any atom is -0.378 e. The van der Waals surface area contributed by atoms with Gasteiger partial charge in [0.25, 0.3) is 0 Å². The number of ether oxygens (including phenoxy) is 1. The Labute approximate surface area is 169 Å². The van der Waals surface area contributed by atoms with Crippen LogP contribution < -0.4 is 4.90 Å². The lowest BCUT2D eigenvalue weighted by atomic mass is 10.1. The Hall–Kier alpha value is -1.85. The van der Waals surface area contributed by atoms with Crippen molar-refractivity contribution in [2.45, 2.75) is 18.9 Å². The molecule has 5 heteroatoms. The molecule has 1 aliphatic carbocycles. The zero-order valence-electron chi connectivity index (χ0n) is 15.6. The largest absolute Gasteiger partial charge is 0.378 e. The maximum Gasteiger partial charge on any atom is 0.226 e. The van der Waals surface area contributed by atoms with Crippen molar-refractivity contribution in [2.24, 2.45) is 5.92 Å². The Balaban J connectivity index is 1.33. The Morgan fingerprint density at radius 1 is 1.19 bits per heavy atom. The molecule has 1 amide bonds. The minimum atomic E-state index is 0.122. The number of nitrogens with zero attached hydrogens (tertiary/aromatic N) is 2. The molecule has 2 unspecified atom stereocenters. The molecule has 0 N–H and O–H groups in total. The Kier molecular flexibility index (Phi) is 5.50. The van der Waals surface area contributed by atoms with Gasteiger partial charge in [0.1, 0.15) is 0 Å². The van der Waals surface area contributed by atoms with Gasteiger partial charge in [-0.25, -0.2) is 0 Å². The maximum atomic E-state index is 12.8. The maximum absolute atomic E-state index is 12.8. The van der Waals surface area contributed by atoms with Gasteiger partial charge in [-0.3, -0.25) is 4.79 Å². The van der Waals surface area contributed by atoms with Crippen LogP contribution in [0.15, 0.2) is 53.0 Å². The fraction of sp³-hybridized carbons (Fsp3) is 0.409. The number of carbonyl (C=O) groups excluding carboxylic acids is 1. The quantitative estimate of drug-likeness (QED) is 0.719. The summed E-state index contributed by atoms with van der Waals surface area (Å²) in [4.78, 5) is 17.0. The van der Waals surface area contributed by atoms with E-state index in [0.717, 1.165) is 37.2 Å². The fourth-order valence-electron chi connectivity index (χ4n) is 3.84. The molecule has 2 aliphatic rings. The minimum absolute atomic E-state index is 0.122. The van der Waals surface area contributed by atoms with E-state index in [9.17, 15) is 4.79 Å². The number of hydrogen-bond acceptors (Lipinski definition) is 3. The molecule has 0 spiro atoms. The van der Waals surface area contributed by atoms with Crippen LogP contribution in [0.1, 0.15) is 23.5 Å². The number of morpholine rings is 1. The average Bonchev–Trinajstić information content (AvgIpc) is 3.49. The monoisotopic (exact) mass is 428 g/mol. The van der Waals surface area contributed by atoms with E-state index in [1.54, 1.807) is 0 Å². The Morgan fingerprint density at radius 3 is 2.63 bits per heavy atom. The summed E-state index contributed by atoms with van der Waals surface area (Å²) in [5, 5.41) is 0. The molecule has 2 atom stereocenters. The van der Waals surface area contributed by atoms with Crippen LogP contribution in [0, 0.1) is 5.92 Å². The number of carbonyl (C=O) groups is 1. The molecule has 27 heavy (non-hydrogen) atoms. The fourth-order valence-corrected chi connectivity index (χ4v) is 4.26. The molecule has 1 saturated carbocycles. The van der Waals surface area contributed by atoms with Crippen LogP contribution in [0.25, 0.3) is 0 Å². The van der Waals surface area contributed by atoms with E-state index >= 15 is 0 Å². The third-order valence-electron chi connectivity index (χ3n) is 5.49. The van der Waals surface area contributed by atoms with Gasteiger partial charge < -0.3 is 14.5 Å². The average molecular weight is 429 g/mol. The molecular formula is C22H25BrN2O2. The highest BCUT2D eigenvalue weighted by molar-refractivity contribution is 9.10. The third kappa shape index (κ3) is 4.36. The van der Waals surface area contributed by atoms with Crippen LogP contribution >= 0.6 is 15.9 Å². The molecule has 0 radical (unpaired) electrons. The van der Waals surface area contributed by atoms with Crippen molar-refractivity contribution >= 4 is 27.5 Å². The molecule has 4 nitrogen and oxygen atoms in total. The summed E-state index contributed by atoms with van der Waals surface area (Å²) in [7, 11) is 1.91. The second-order valence-electron chi connectivity index (χ2n) is 7.46. The van der Waals surface area contributed by atoms with Gasteiger partial charge in [-0.1, -0.05) is 40.2 Å². The molecule has 0 aromatic heterocycles. The first kappa shape index (κ1) is 18.5. The van der Waals surface area contributed by atoms with Crippen LogP contribution in [-0.2, 0) is 16.1 Å². The highest BCUT2D eigenvalue weighted by Crippen LogP contribution is 2.48. The zero-order chi connectivity index (χ0) is 18.8. The number of amides is 1. The molecule has 0 bridgehead atoms. The summed E-state index contributed by atoms with van der Waals surface area (Å²) in [6.07, 6.45) is 0.954. The standard InChI is InChI=1S/C22H25BrN2O2/c1-24(22(26)21-14-20(21)17-3-2-4-18(23)13-17)15-16-5-7-19(8-6-16)25-9-11-27-12-10-25/h2-8,13,20-21H,9-12,14-15H2,1H3. The van der Waals surface area contributed by atoms with Gasteiger partial charge >= 0.3 is 0 Å². The van der Waals surface area contributed by atoms with Crippen molar-refractivity contribution in [3.05, 3.63) is 64.1 Å². The number of benzene rings is 2. The van der Waals surface area contributed by atoms with Crippen molar-refractivity contribution in [1.29, 1.82) is 0 Å². The summed E-state index contributed by atoms with van der Waals surface area (Å²) in [6.45, 7) is 4.12. The smallest absolute Gasteiger partial charge is 0.226 e.